The molecule has 0 radical (unpaired) electrons. The first-order chi connectivity index (χ1) is 16.3. The number of rotatable bonds is 0. The summed E-state index contributed by atoms with van der Waals surface area (Å²) in [6.45, 7) is 0. The zero-order valence-electron chi connectivity index (χ0n) is 16.4. The van der Waals surface area contributed by atoms with Crippen molar-refractivity contribution in [2.75, 3.05) is 34.5 Å². The predicted octanol–water partition coefficient (Wildman–Crippen LogP) is 3.52. The molecule has 0 aromatic rings. The Balaban J connectivity index is 1.22. The van der Waals surface area contributed by atoms with Gasteiger partial charge in [-0.05, 0) is 0 Å². The predicted molar refractivity (Wildman–Crippen MR) is 155 cm³/mol. The van der Waals surface area contributed by atoms with E-state index < -0.39 is 0 Å². The van der Waals surface area contributed by atoms with Crippen molar-refractivity contribution in [1.29, 1.82) is 0 Å². The van der Waals surface area contributed by atoms with E-state index in [1.54, 1.807) is 22.8 Å². The molecule has 3 nitrogen and oxygen atoms in total. The van der Waals surface area contributed by atoms with Crippen molar-refractivity contribution in [2.24, 2.45) is 0 Å². The monoisotopic (exact) mass is 947 g/mol. The number of thioether (sulfide) groups is 6. The second-order valence-corrected chi connectivity index (χ2v) is 33.4. The molecule has 1 fully saturated rings. The first kappa shape index (κ1) is 25.1. The topological polar surface area (TPSA) is 27.7 Å². The van der Waals surface area contributed by atoms with Crippen molar-refractivity contribution in [3.05, 3.63) is 50.8 Å². The van der Waals surface area contributed by atoms with E-state index in [-0.39, 0.29) is 0 Å². The van der Waals surface area contributed by atoms with Gasteiger partial charge >= 0.3 is 260 Å². The third-order valence-electron chi connectivity index (χ3n) is 4.32. The van der Waals surface area contributed by atoms with E-state index in [4.69, 9.17) is 14.2 Å². The van der Waals surface area contributed by atoms with Gasteiger partial charge in [-0.15, -0.1) is 0 Å². The Morgan fingerprint density at radius 3 is 0.788 bits per heavy atom. The fourth-order valence-electron chi connectivity index (χ4n) is 2.97. The summed E-state index contributed by atoms with van der Waals surface area (Å²) in [6, 6.07) is 0. The minimum absolute atomic E-state index is 0.357. The quantitative estimate of drug-likeness (QED) is 0.339. The van der Waals surface area contributed by atoms with Crippen molar-refractivity contribution >= 4 is 160 Å². The molecule has 0 spiro atoms. The Morgan fingerprint density at radius 1 is 0.364 bits per heavy atom. The Kier molecular flexibility index (Phi) is 8.56. The van der Waals surface area contributed by atoms with E-state index in [0.29, 0.717) is 89.7 Å². The molecule has 7 aliphatic heterocycles. The van der Waals surface area contributed by atoms with Gasteiger partial charge in [-0.3, -0.25) is 0 Å². The number of ether oxygens (including phenoxy) is 3. The van der Waals surface area contributed by atoms with Crippen LogP contribution in [-0.2, 0) is 14.2 Å². The molecule has 0 saturated carbocycles. The van der Waals surface area contributed by atoms with Gasteiger partial charge in [0.1, 0.15) is 0 Å². The third-order valence-corrected chi connectivity index (χ3v) is 36.3. The maximum atomic E-state index is 6.52. The van der Waals surface area contributed by atoms with Crippen LogP contribution in [0.4, 0.5) is 0 Å². The summed E-state index contributed by atoms with van der Waals surface area (Å²) in [6.07, 6.45) is 0. The number of hydrogen-bond acceptors (Lipinski definition) is 9. The van der Waals surface area contributed by atoms with Crippen molar-refractivity contribution in [3.63, 3.8) is 0 Å². The summed E-state index contributed by atoms with van der Waals surface area (Å²) in [5, 5.41) is 0. The first-order valence-corrected chi connectivity index (χ1v) is 25.8. The molecule has 0 aromatic heterocycles. The molecule has 174 valence electrons. The molecule has 0 amide bonds. The molecule has 33 heavy (non-hydrogen) atoms. The second kappa shape index (κ2) is 11.3. The zero-order valence-corrected chi connectivity index (χ0v) is 31.5. The van der Waals surface area contributed by atoms with Gasteiger partial charge in [0.25, 0.3) is 0 Å². The molecule has 0 N–H and O–H groups in total. The SMILES string of the molecule is C1CSC2=C(S1)[Se]C(=C1OC(=C3[Se]C4=C(SCCS4)[Se]3)OC(=C3[Se]C4=C(SCCS4)[Se]3)O1)[Se]2. The van der Waals surface area contributed by atoms with Crippen molar-refractivity contribution < 1.29 is 14.2 Å². The average Bonchev–Trinajstić information content (AvgIpc) is 3.59. The van der Waals surface area contributed by atoms with Crippen LogP contribution in [0.2, 0.25) is 0 Å². The summed E-state index contributed by atoms with van der Waals surface area (Å²) < 4.78 is 33.6. The van der Waals surface area contributed by atoms with Crippen LogP contribution in [0.5, 0.6) is 0 Å². The fraction of sp³-hybridized carbons (Fsp3) is 0.333. The van der Waals surface area contributed by atoms with Crippen molar-refractivity contribution in [3.8, 4) is 0 Å². The van der Waals surface area contributed by atoms with E-state index >= 15 is 0 Å². The van der Waals surface area contributed by atoms with Gasteiger partial charge in [-0.2, -0.15) is 0 Å². The van der Waals surface area contributed by atoms with E-state index in [1.807, 2.05) is 0 Å². The minimum atomic E-state index is 0.357. The first-order valence-electron chi connectivity index (χ1n) is 9.63. The van der Waals surface area contributed by atoms with Crippen LogP contribution in [0.15, 0.2) is 50.8 Å². The average molecular weight is 942 g/mol. The fourth-order valence-corrected chi connectivity index (χ4v) is 38.5. The maximum absolute atomic E-state index is 6.52. The number of hydrogen-bond donors (Lipinski definition) is 0. The summed E-state index contributed by atoms with van der Waals surface area (Å²) in [7, 11) is 0. The molecule has 1 saturated heterocycles. The summed E-state index contributed by atoms with van der Waals surface area (Å²) in [4.78, 5) is 0. The molecule has 0 aliphatic carbocycles. The van der Waals surface area contributed by atoms with E-state index in [1.165, 1.54) is 44.6 Å². The molecule has 15 heteroatoms. The van der Waals surface area contributed by atoms with Gasteiger partial charge < -0.3 is 0 Å². The molecule has 0 aromatic carbocycles. The molecular weight excluding hydrogens is 930 g/mol. The van der Waals surface area contributed by atoms with E-state index in [0.717, 1.165) is 17.8 Å². The van der Waals surface area contributed by atoms with Crippen LogP contribution in [0.25, 0.3) is 0 Å². The Hall–Kier alpha value is 3.06. The van der Waals surface area contributed by atoms with Crippen LogP contribution in [0.3, 0.4) is 0 Å². The third kappa shape index (κ3) is 5.42. The van der Waals surface area contributed by atoms with Crippen LogP contribution in [0.1, 0.15) is 0 Å². The molecule has 0 atom stereocenters. The molecule has 7 rings (SSSR count). The van der Waals surface area contributed by atoms with Gasteiger partial charge in [0, 0.05) is 0 Å². The molecule has 7 heterocycles. The molecule has 7 aliphatic rings. The van der Waals surface area contributed by atoms with E-state index in [2.05, 4.69) is 70.6 Å². The van der Waals surface area contributed by atoms with Crippen LogP contribution in [0, 0.1) is 0 Å². The second-order valence-electron chi connectivity index (χ2n) is 6.46. The van der Waals surface area contributed by atoms with Gasteiger partial charge in [-0.25, -0.2) is 0 Å². The van der Waals surface area contributed by atoms with Crippen LogP contribution in [-0.4, -0.2) is 124 Å². The van der Waals surface area contributed by atoms with Crippen LogP contribution >= 0.6 is 70.6 Å². The van der Waals surface area contributed by atoms with Gasteiger partial charge in [-0.1, -0.05) is 0 Å². The summed E-state index contributed by atoms with van der Waals surface area (Å²) in [5.74, 6) is 9.83. The Bertz CT molecular complexity index is 919. The molecular formula is C18H12O3S6Se6. The van der Waals surface area contributed by atoms with Crippen LogP contribution < -0.4 is 0 Å². The zero-order chi connectivity index (χ0) is 21.8. The van der Waals surface area contributed by atoms with Crippen molar-refractivity contribution in [2.45, 2.75) is 0 Å². The molecule has 0 bridgehead atoms. The Labute approximate surface area is 256 Å². The van der Waals surface area contributed by atoms with Crippen molar-refractivity contribution in [1.82, 2.24) is 0 Å². The summed E-state index contributed by atoms with van der Waals surface area (Å²) >= 11 is 14.6. The summed E-state index contributed by atoms with van der Waals surface area (Å²) in [5.41, 5.74) is 0. The van der Waals surface area contributed by atoms with Gasteiger partial charge in [0.05, 0.1) is 0 Å². The van der Waals surface area contributed by atoms with Gasteiger partial charge in [0.2, 0.25) is 0 Å². The Morgan fingerprint density at radius 2 is 0.576 bits per heavy atom. The molecule has 0 unspecified atom stereocenters. The standard InChI is InChI=1S/C18H12O3S6Se6/c1-2-23-11-10(22-1)28-16(29-11)7-19-8(17-30-12-13(31-17)25-4-3-24-12)21-9(20-7)18-32-14-15(33-18)27-6-5-26-14/h1-6H2. The normalized spacial score (nSPS) is 27.6. The van der Waals surface area contributed by atoms with E-state index in [9.17, 15) is 0 Å². The van der Waals surface area contributed by atoms with Gasteiger partial charge in [0.15, 0.2) is 0 Å².